The Labute approximate surface area is 150 Å². The lowest BCUT2D eigenvalue weighted by atomic mass is 9.96. The Kier molecular flexibility index (Phi) is 4.97. The minimum Gasteiger partial charge on any atom is -0.384 e. The Balaban J connectivity index is 1.53. The van der Waals surface area contributed by atoms with Gasteiger partial charge in [-0.1, -0.05) is 12.8 Å². The zero-order valence-electron chi connectivity index (χ0n) is 15.3. The fourth-order valence-electron chi connectivity index (χ4n) is 4.82. The van der Waals surface area contributed by atoms with E-state index in [1.807, 2.05) is 16.0 Å². The fraction of sp³-hybridized carbons (Fsp3) is 0.789. The zero-order chi connectivity index (χ0) is 17.2. The minimum atomic E-state index is 0.188. The number of urea groups is 1. The van der Waals surface area contributed by atoms with E-state index in [0.29, 0.717) is 13.2 Å². The molecule has 0 radical (unpaired) electrons. The van der Waals surface area contributed by atoms with Gasteiger partial charge in [0.15, 0.2) is 0 Å². The molecule has 1 unspecified atom stereocenters. The quantitative estimate of drug-likeness (QED) is 0.842. The molecule has 1 aromatic rings. The molecule has 0 aromatic carbocycles. The molecule has 6 nitrogen and oxygen atoms in total. The molecule has 0 N–H and O–H groups in total. The van der Waals surface area contributed by atoms with Crippen molar-refractivity contribution in [3.63, 3.8) is 0 Å². The molecule has 1 aromatic heterocycles. The summed E-state index contributed by atoms with van der Waals surface area (Å²) in [4.78, 5) is 16.8. The number of rotatable bonds is 4. The Morgan fingerprint density at radius 2 is 1.96 bits per heavy atom. The molecule has 1 atom stereocenters. The van der Waals surface area contributed by atoms with E-state index in [4.69, 9.17) is 9.84 Å². The highest BCUT2D eigenvalue weighted by Gasteiger charge is 2.34. The van der Waals surface area contributed by atoms with Gasteiger partial charge in [-0.3, -0.25) is 4.68 Å². The fourth-order valence-corrected chi connectivity index (χ4v) is 4.82. The van der Waals surface area contributed by atoms with Crippen LogP contribution in [0.25, 0.3) is 0 Å². The van der Waals surface area contributed by atoms with Crippen LogP contribution in [-0.4, -0.2) is 59.0 Å². The zero-order valence-corrected chi connectivity index (χ0v) is 15.3. The summed E-state index contributed by atoms with van der Waals surface area (Å²) in [6.45, 7) is 4.90. The van der Waals surface area contributed by atoms with E-state index in [2.05, 4.69) is 4.68 Å². The first-order valence-corrected chi connectivity index (χ1v) is 9.83. The first kappa shape index (κ1) is 16.9. The monoisotopic (exact) mass is 346 g/mol. The maximum atomic E-state index is 12.8. The number of hydrogen-bond donors (Lipinski definition) is 0. The van der Waals surface area contributed by atoms with Gasteiger partial charge < -0.3 is 14.5 Å². The summed E-state index contributed by atoms with van der Waals surface area (Å²) >= 11 is 0. The van der Waals surface area contributed by atoms with Gasteiger partial charge in [-0.05, 0) is 31.6 Å². The number of carbonyl (C=O) groups is 1. The Morgan fingerprint density at radius 1 is 1.20 bits per heavy atom. The first-order valence-electron chi connectivity index (χ1n) is 9.83. The second kappa shape index (κ2) is 7.36. The first-order chi connectivity index (χ1) is 12.3. The molecule has 1 saturated carbocycles. The van der Waals surface area contributed by atoms with Gasteiger partial charge in [0.05, 0.1) is 25.0 Å². The molecule has 1 aliphatic carbocycles. The smallest absolute Gasteiger partial charge is 0.320 e. The van der Waals surface area contributed by atoms with Crippen molar-refractivity contribution in [2.75, 3.05) is 33.4 Å². The highest BCUT2D eigenvalue weighted by molar-refractivity contribution is 5.75. The van der Waals surface area contributed by atoms with E-state index in [-0.39, 0.29) is 11.9 Å². The van der Waals surface area contributed by atoms with Crippen LogP contribution in [0.3, 0.4) is 0 Å². The number of fused-ring (bicyclic) bond motifs is 1. The average molecular weight is 346 g/mol. The standard InChI is InChI=1S/C19H30N4O2/c1-25-14-17-13-22(19(24)21-8-4-5-9-21)12-16-10-20-23(18(16)17)11-15-6-2-3-7-15/h10,15,17H,2-9,11-14H2,1H3. The topological polar surface area (TPSA) is 50.6 Å². The molecule has 138 valence electrons. The molecule has 3 heterocycles. The van der Waals surface area contributed by atoms with Gasteiger partial charge in [0, 0.05) is 44.8 Å². The van der Waals surface area contributed by atoms with Crippen molar-refractivity contribution in [2.45, 2.75) is 57.5 Å². The number of amides is 2. The Bertz CT molecular complexity index is 603. The maximum Gasteiger partial charge on any atom is 0.320 e. The van der Waals surface area contributed by atoms with Gasteiger partial charge in [-0.15, -0.1) is 0 Å². The van der Waals surface area contributed by atoms with Crippen LogP contribution in [0.2, 0.25) is 0 Å². The van der Waals surface area contributed by atoms with Crippen LogP contribution in [-0.2, 0) is 17.8 Å². The molecule has 2 aliphatic heterocycles. The number of carbonyl (C=O) groups excluding carboxylic acids is 1. The van der Waals surface area contributed by atoms with Crippen molar-refractivity contribution in [2.24, 2.45) is 5.92 Å². The van der Waals surface area contributed by atoms with Crippen molar-refractivity contribution >= 4 is 6.03 Å². The summed E-state index contributed by atoms with van der Waals surface area (Å²) in [6, 6.07) is 0.188. The van der Waals surface area contributed by atoms with Crippen LogP contribution in [0, 0.1) is 5.92 Å². The van der Waals surface area contributed by atoms with Crippen LogP contribution < -0.4 is 0 Å². The van der Waals surface area contributed by atoms with Gasteiger partial charge in [-0.25, -0.2) is 4.79 Å². The highest BCUT2D eigenvalue weighted by Crippen LogP contribution is 2.32. The van der Waals surface area contributed by atoms with Crippen molar-refractivity contribution in [3.05, 3.63) is 17.5 Å². The maximum absolute atomic E-state index is 12.8. The number of methoxy groups -OCH3 is 1. The number of hydrogen-bond acceptors (Lipinski definition) is 3. The largest absolute Gasteiger partial charge is 0.384 e. The van der Waals surface area contributed by atoms with Crippen LogP contribution in [0.15, 0.2) is 6.20 Å². The SMILES string of the molecule is COCC1CN(C(=O)N2CCCC2)Cc2cnn(CC3CCCC3)c21. The third kappa shape index (κ3) is 3.41. The summed E-state index contributed by atoms with van der Waals surface area (Å²) < 4.78 is 7.71. The molecule has 25 heavy (non-hydrogen) atoms. The molecule has 2 amide bonds. The van der Waals surface area contributed by atoms with Gasteiger partial charge in [0.1, 0.15) is 0 Å². The normalized spacial score (nSPS) is 24.1. The molecular weight excluding hydrogens is 316 g/mol. The highest BCUT2D eigenvalue weighted by atomic mass is 16.5. The number of ether oxygens (including phenoxy) is 1. The van der Waals surface area contributed by atoms with Crippen molar-refractivity contribution < 1.29 is 9.53 Å². The van der Waals surface area contributed by atoms with E-state index in [1.54, 1.807) is 7.11 Å². The molecule has 1 saturated heterocycles. The summed E-state index contributed by atoms with van der Waals surface area (Å²) in [6.07, 6.45) is 9.60. The Hall–Kier alpha value is -1.56. The summed E-state index contributed by atoms with van der Waals surface area (Å²) in [7, 11) is 1.75. The number of aromatic nitrogens is 2. The average Bonchev–Trinajstić information content (AvgIpc) is 3.37. The second-order valence-corrected chi connectivity index (χ2v) is 7.90. The molecular formula is C19H30N4O2. The Morgan fingerprint density at radius 3 is 2.68 bits per heavy atom. The van der Waals surface area contributed by atoms with Crippen molar-refractivity contribution in [1.29, 1.82) is 0 Å². The third-order valence-corrected chi connectivity index (χ3v) is 6.07. The molecule has 2 fully saturated rings. The lowest BCUT2D eigenvalue weighted by molar-refractivity contribution is 0.123. The number of nitrogens with zero attached hydrogens (tertiary/aromatic N) is 4. The predicted octanol–water partition coefficient (Wildman–Crippen LogP) is 2.83. The molecule has 0 bridgehead atoms. The summed E-state index contributed by atoms with van der Waals surface area (Å²) in [5.74, 6) is 0.987. The third-order valence-electron chi connectivity index (χ3n) is 6.07. The van der Waals surface area contributed by atoms with Crippen LogP contribution in [0.1, 0.15) is 55.7 Å². The van der Waals surface area contributed by atoms with Crippen molar-refractivity contribution in [1.82, 2.24) is 19.6 Å². The lowest BCUT2D eigenvalue weighted by Gasteiger charge is -2.35. The van der Waals surface area contributed by atoms with Crippen LogP contribution in [0.5, 0.6) is 0 Å². The predicted molar refractivity (Wildman–Crippen MR) is 95.4 cm³/mol. The van der Waals surface area contributed by atoms with Crippen LogP contribution >= 0.6 is 0 Å². The number of likely N-dealkylation sites (tertiary alicyclic amines) is 1. The molecule has 3 aliphatic rings. The van der Waals surface area contributed by atoms with Crippen molar-refractivity contribution in [3.8, 4) is 0 Å². The summed E-state index contributed by atoms with van der Waals surface area (Å²) in [5, 5.41) is 4.69. The van der Waals surface area contributed by atoms with Crippen LogP contribution in [0.4, 0.5) is 4.79 Å². The van der Waals surface area contributed by atoms with Gasteiger partial charge >= 0.3 is 6.03 Å². The van der Waals surface area contributed by atoms with Gasteiger partial charge in [0.2, 0.25) is 0 Å². The van der Waals surface area contributed by atoms with E-state index < -0.39 is 0 Å². The second-order valence-electron chi connectivity index (χ2n) is 7.90. The molecule has 0 spiro atoms. The molecule has 6 heteroatoms. The lowest BCUT2D eigenvalue weighted by Crippen LogP contribution is -2.46. The molecule has 4 rings (SSSR count). The summed E-state index contributed by atoms with van der Waals surface area (Å²) in [5.41, 5.74) is 2.51. The van der Waals surface area contributed by atoms with E-state index in [9.17, 15) is 4.79 Å². The van der Waals surface area contributed by atoms with Gasteiger partial charge in [0.25, 0.3) is 0 Å². The minimum absolute atomic E-state index is 0.188. The van der Waals surface area contributed by atoms with E-state index in [1.165, 1.54) is 36.9 Å². The van der Waals surface area contributed by atoms with E-state index in [0.717, 1.165) is 44.9 Å². The van der Waals surface area contributed by atoms with Gasteiger partial charge in [-0.2, -0.15) is 5.10 Å². The van der Waals surface area contributed by atoms with E-state index >= 15 is 0 Å².